The molecule has 0 radical (unpaired) electrons. The van der Waals surface area contributed by atoms with Crippen molar-refractivity contribution in [2.45, 2.75) is 13.5 Å². The predicted molar refractivity (Wildman–Crippen MR) is 87.5 cm³/mol. The van der Waals surface area contributed by atoms with E-state index in [1.807, 2.05) is 37.2 Å². The van der Waals surface area contributed by atoms with Gasteiger partial charge in [0.1, 0.15) is 5.82 Å². The van der Waals surface area contributed by atoms with Gasteiger partial charge in [0.05, 0.1) is 0 Å². The highest BCUT2D eigenvalue weighted by Crippen LogP contribution is 2.20. The van der Waals surface area contributed by atoms with Gasteiger partial charge in [0.2, 0.25) is 0 Å². The number of carbonyl (C=O) groups excluding carboxylic acids is 1. The van der Waals surface area contributed by atoms with Crippen LogP contribution in [0.2, 0.25) is 0 Å². The second kappa shape index (κ2) is 6.47. The van der Waals surface area contributed by atoms with Crippen LogP contribution < -0.4 is 16.0 Å². The molecule has 0 heterocycles. The van der Waals surface area contributed by atoms with Gasteiger partial charge in [0, 0.05) is 37.6 Å². The molecular formula is C17H20FN3O. The number of hydrogen-bond acceptors (Lipinski definition) is 3. The minimum Gasteiger partial charge on any atom is -0.398 e. The summed E-state index contributed by atoms with van der Waals surface area (Å²) >= 11 is 0. The molecule has 0 atom stereocenters. The standard InChI is InChI=1S/C17H20FN3O/c1-11-8-12(5-7-15(11)18)17(22)20-10-13-4-6-14(21(2)3)9-16(13)19/h4-9H,10,19H2,1-3H3,(H,20,22). The van der Waals surface area contributed by atoms with Gasteiger partial charge in [-0.2, -0.15) is 0 Å². The first kappa shape index (κ1) is 15.8. The van der Waals surface area contributed by atoms with E-state index >= 15 is 0 Å². The Morgan fingerprint density at radius 3 is 2.55 bits per heavy atom. The Labute approximate surface area is 129 Å². The zero-order valence-corrected chi connectivity index (χ0v) is 13.0. The summed E-state index contributed by atoms with van der Waals surface area (Å²) in [6.07, 6.45) is 0. The molecule has 0 aliphatic rings. The normalized spacial score (nSPS) is 10.4. The Hall–Kier alpha value is -2.56. The van der Waals surface area contributed by atoms with Crippen molar-refractivity contribution in [1.29, 1.82) is 0 Å². The Kier molecular flexibility index (Phi) is 4.65. The molecule has 2 rings (SSSR count). The maximum Gasteiger partial charge on any atom is 0.251 e. The number of rotatable bonds is 4. The van der Waals surface area contributed by atoms with E-state index in [9.17, 15) is 9.18 Å². The second-order valence-electron chi connectivity index (χ2n) is 5.42. The van der Waals surface area contributed by atoms with Crippen molar-refractivity contribution in [3.8, 4) is 0 Å². The Morgan fingerprint density at radius 1 is 1.23 bits per heavy atom. The fraction of sp³-hybridized carbons (Fsp3) is 0.235. The van der Waals surface area contributed by atoms with Crippen molar-refractivity contribution < 1.29 is 9.18 Å². The van der Waals surface area contributed by atoms with Crippen LogP contribution in [0.5, 0.6) is 0 Å². The van der Waals surface area contributed by atoms with E-state index in [1.165, 1.54) is 18.2 Å². The smallest absolute Gasteiger partial charge is 0.251 e. The molecule has 0 aromatic heterocycles. The third-order valence-electron chi connectivity index (χ3n) is 3.51. The molecule has 4 nitrogen and oxygen atoms in total. The molecule has 0 aliphatic carbocycles. The van der Waals surface area contributed by atoms with Gasteiger partial charge in [0.25, 0.3) is 5.91 Å². The largest absolute Gasteiger partial charge is 0.398 e. The monoisotopic (exact) mass is 301 g/mol. The van der Waals surface area contributed by atoms with Crippen LogP contribution in [-0.4, -0.2) is 20.0 Å². The van der Waals surface area contributed by atoms with Gasteiger partial charge in [-0.3, -0.25) is 4.79 Å². The summed E-state index contributed by atoms with van der Waals surface area (Å²) in [5, 5.41) is 2.80. The van der Waals surface area contributed by atoms with Crippen molar-refractivity contribution in [2.75, 3.05) is 24.7 Å². The van der Waals surface area contributed by atoms with E-state index in [0.29, 0.717) is 23.4 Å². The molecule has 2 aromatic rings. The SMILES string of the molecule is Cc1cc(C(=O)NCc2ccc(N(C)C)cc2N)ccc1F. The molecule has 0 aliphatic heterocycles. The van der Waals surface area contributed by atoms with Crippen molar-refractivity contribution in [1.82, 2.24) is 5.32 Å². The molecule has 116 valence electrons. The second-order valence-corrected chi connectivity index (χ2v) is 5.42. The number of halogens is 1. The first-order chi connectivity index (χ1) is 10.4. The molecule has 0 bridgehead atoms. The molecular weight excluding hydrogens is 281 g/mol. The van der Waals surface area contributed by atoms with Gasteiger partial charge in [-0.05, 0) is 48.4 Å². The van der Waals surface area contributed by atoms with Crippen LogP contribution in [0.25, 0.3) is 0 Å². The predicted octanol–water partition coefficient (Wildman–Crippen LogP) is 2.71. The maximum absolute atomic E-state index is 13.2. The average molecular weight is 301 g/mol. The maximum atomic E-state index is 13.2. The van der Waals surface area contributed by atoms with Gasteiger partial charge in [0.15, 0.2) is 0 Å². The molecule has 2 aromatic carbocycles. The number of anilines is 2. The lowest BCUT2D eigenvalue weighted by Crippen LogP contribution is -2.23. The first-order valence-electron chi connectivity index (χ1n) is 6.98. The summed E-state index contributed by atoms with van der Waals surface area (Å²) in [5.41, 5.74) is 9.35. The van der Waals surface area contributed by atoms with Crippen LogP contribution in [0.15, 0.2) is 36.4 Å². The van der Waals surface area contributed by atoms with Crippen LogP contribution >= 0.6 is 0 Å². The Morgan fingerprint density at radius 2 is 1.95 bits per heavy atom. The lowest BCUT2D eigenvalue weighted by Gasteiger charge is -2.15. The third kappa shape index (κ3) is 3.55. The summed E-state index contributed by atoms with van der Waals surface area (Å²) in [7, 11) is 3.88. The van der Waals surface area contributed by atoms with E-state index in [0.717, 1.165) is 11.3 Å². The van der Waals surface area contributed by atoms with Crippen LogP contribution in [0.4, 0.5) is 15.8 Å². The number of carbonyl (C=O) groups is 1. The summed E-state index contributed by atoms with van der Waals surface area (Å²) in [5.74, 6) is -0.570. The molecule has 0 fully saturated rings. The zero-order valence-electron chi connectivity index (χ0n) is 13.0. The van der Waals surface area contributed by atoms with Crippen LogP contribution in [-0.2, 0) is 6.54 Å². The van der Waals surface area contributed by atoms with Crippen molar-refractivity contribution in [3.63, 3.8) is 0 Å². The summed E-state index contributed by atoms with van der Waals surface area (Å²) in [6, 6.07) is 9.99. The van der Waals surface area contributed by atoms with E-state index in [4.69, 9.17) is 5.73 Å². The molecule has 3 N–H and O–H groups in total. The molecule has 22 heavy (non-hydrogen) atoms. The number of nitrogens with two attached hydrogens (primary N) is 1. The lowest BCUT2D eigenvalue weighted by molar-refractivity contribution is 0.0951. The quantitative estimate of drug-likeness (QED) is 0.854. The highest BCUT2D eigenvalue weighted by Gasteiger charge is 2.09. The number of amides is 1. The topological polar surface area (TPSA) is 58.4 Å². The average Bonchev–Trinajstić information content (AvgIpc) is 2.48. The third-order valence-corrected chi connectivity index (χ3v) is 3.51. The van der Waals surface area contributed by atoms with Gasteiger partial charge < -0.3 is 16.0 Å². The summed E-state index contributed by atoms with van der Waals surface area (Å²) in [6.45, 7) is 1.96. The van der Waals surface area contributed by atoms with Crippen molar-refractivity contribution >= 4 is 17.3 Å². The van der Waals surface area contributed by atoms with E-state index in [-0.39, 0.29) is 11.7 Å². The molecule has 1 amide bonds. The minimum absolute atomic E-state index is 0.251. The van der Waals surface area contributed by atoms with E-state index < -0.39 is 0 Å². The fourth-order valence-corrected chi connectivity index (χ4v) is 2.08. The number of nitrogens with zero attached hydrogens (tertiary/aromatic N) is 1. The Balaban J connectivity index is 2.06. The lowest BCUT2D eigenvalue weighted by atomic mass is 10.1. The highest BCUT2D eigenvalue weighted by atomic mass is 19.1. The summed E-state index contributed by atoms with van der Waals surface area (Å²) < 4.78 is 13.2. The summed E-state index contributed by atoms with van der Waals surface area (Å²) in [4.78, 5) is 14.0. The fourth-order valence-electron chi connectivity index (χ4n) is 2.08. The Bertz CT molecular complexity index is 698. The number of benzene rings is 2. The van der Waals surface area contributed by atoms with Crippen LogP contribution in [0.1, 0.15) is 21.5 Å². The van der Waals surface area contributed by atoms with E-state index in [1.54, 1.807) is 6.92 Å². The van der Waals surface area contributed by atoms with Gasteiger partial charge in [-0.1, -0.05) is 6.07 Å². The molecule has 0 saturated carbocycles. The van der Waals surface area contributed by atoms with Gasteiger partial charge in [-0.15, -0.1) is 0 Å². The highest BCUT2D eigenvalue weighted by molar-refractivity contribution is 5.94. The number of hydrogen-bond donors (Lipinski definition) is 2. The molecule has 5 heteroatoms. The van der Waals surface area contributed by atoms with E-state index in [2.05, 4.69) is 5.32 Å². The van der Waals surface area contributed by atoms with Gasteiger partial charge >= 0.3 is 0 Å². The molecule has 0 saturated heterocycles. The van der Waals surface area contributed by atoms with Crippen LogP contribution in [0, 0.1) is 12.7 Å². The van der Waals surface area contributed by atoms with Crippen molar-refractivity contribution in [2.24, 2.45) is 0 Å². The van der Waals surface area contributed by atoms with Crippen molar-refractivity contribution in [3.05, 3.63) is 58.9 Å². The molecule has 0 unspecified atom stereocenters. The molecule has 0 spiro atoms. The minimum atomic E-state index is -0.319. The van der Waals surface area contributed by atoms with Gasteiger partial charge in [-0.25, -0.2) is 4.39 Å². The number of aryl methyl sites for hydroxylation is 1. The van der Waals surface area contributed by atoms with Crippen LogP contribution in [0.3, 0.4) is 0 Å². The first-order valence-corrected chi connectivity index (χ1v) is 6.98. The zero-order chi connectivity index (χ0) is 16.3. The number of nitrogen functional groups attached to an aromatic ring is 1. The number of nitrogens with one attached hydrogen (secondary N) is 1.